The molecule has 1 saturated heterocycles. The number of nitrogens with zero attached hydrogens (tertiary/aromatic N) is 2. The van der Waals surface area contributed by atoms with Crippen LogP contribution in [-0.4, -0.2) is 61.6 Å². The monoisotopic (exact) mass is 447 g/mol. The summed E-state index contributed by atoms with van der Waals surface area (Å²) < 4.78 is 5.39. The molecule has 0 aliphatic carbocycles. The van der Waals surface area contributed by atoms with Crippen LogP contribution in [0, 0.1) is 0 Å². The van der Waals surface area contributed by atoms with E-state index in [-0.39, 0.29) is 5.70 Å². The first-order valence-electron chi connectivity index (χ1n) is 9.68. The van der Waals surface area contributed by atoms with Gasteiger partial charge in [-0.3, -0.25) is 14.5 Å². The number of hydrogen-bond donors (Lipinski definition) is 2. The highest BCUT2D eigenvalue weighted by molar-refractivity contribution is 8.00. The zero-order valence-corrected chi connectivity index (χ0v) is 18.5. The van der Waals surface area contributed by atoms with E-state index in [9.17, 15) is 24.3 Å². The number of rotatable bonds is 4. The Morgan fingerprint density at radius 3 is 2.42 bits per heavy atom. The van der Waals surface area contributed by atoms with E-state index in [2.05, 4.69) is 0 Å². The molecule has 3 atom stereocenters. The fourth-order valence-corrected chi connectivity index (χ4v) is 4.80. The average molecular weight is 448 g/mol. The zero-order chi connectivity index (χ0) is 23.1. The van der Waals surface area contributed by atoms with Gasteiger partial charge in [0.1, 0.15) is 22.7 Å². The smallest absolute Gasteiger partial charge is 0.417 e. The lowest BCUT2D eigenvalue weighted by atomic mass is 9.99. The Balaban J connectivity index is 1.96. The van der Waals surface area contributed by atoms with E-state index >= 15 is 0 Å². The van der Waals surface area contributed by atoms with Gasteiger partial charge >= 0.3 is 12.1 Å². The van der Waals surface area contributed by atoms with Gasteiger partial charge in [0.05, 0.1) is 0 Å². The van der Waals surface area contributed by atoms with Crippen molar-refractivity contribution in [1.82, 2.24) is 9.80 Å². The van der Waals surface area contributed by atoms with Crippen molar-refractivity contribution >= 4 is 35.6 Å². The fraction of sp³-hybridized carbons (Fsp3) is 0.429. The van der Waals surface area contributed by atoms with Crippen LogP contribution in [0.15, 0.2) is 41.6 Å². The van der Waals surface area contributed by atoms with Crippen molar-refractivity contribution in [2.45, 2.75) is 50.8 Å². The highest BCUT2D eigenvalue weighted by Crippen LogP contribution is 2.43. The number of fused-ring (bicyclic) bond motifs is 1. The minimum absolute atomic E-state index is 0.117. The van der Waals surface area contributed by atoms with Crippen molar-refractivity contribution < 1.29 is 29.0 Å². The van der Waals surface area contributed by atoms with Gasteiger partial charge in [0.25, 0.3) is 11.8 Å². The highest BCUT2D eigenvalue weighted by atomic mass is 32.2. The normalized spacial score (nSPS) is 21.7. The molecular formula is C21H25N3O6S. The fourth-order valence-electron chi connectivity index (χ4n) is 3.46. The van der Waals surface area contributed by atoms with Gasteiger partial charge in [0.15, 0.2) is 6.04 Å². The van der Waals surface area contributed by atoms with Crippen LogP contribution in [0.5, 0.6) is 0 Å². The van der Waals surface area contributed by atoms with Gasteiger partial charge in [-0.2, -0.15) is 0 Å². The second-order valence-corrected chi connectivity index (χ2v) is 9.47. The Morgan fingerprint density at radius 1 is 1.26 bits per heavy atom. The average Bonchev–Trinajstić information content (AvgIpc) is 2.69. The Kier molecular flexibility index (Phi) is 6.15. The number of carboxylic acids is 1. The van der Waals surface area contributed by atoms with Gasteiger partial charge in [-0.25, -0.2) is 14.5 Å². The topological polar surface area (TPSA) is 130 Å². The molecule has 1 fully saturated rings. The largest absolute Gasteiger partial charge is 0.477 e. The standard InChI is InChI=1S/C21H25N3O6S/c1-11-10-31-18-15(17(26)23(18)14(11)19(27)28)24(20(29)30-21(2,3)4)16(25)13(22)12-8-6-5-7-9-12/h5-9,13,15,18H,10,22H2,1-4H3,(H,27,28)/t13-,15-,18-/m1/s1. The molecular weight excluding hydrogens is 422 g/mol. The first kappa shape index (κ1) is 22.8. The number of carbonyl (C=O) groups excluding carboxylic acids is 3. The predicted molar refractivity (Wildman–Crippen MR) is 114 cm³/mol. The number of benzene rings is 1. The van der Waals surface area contributed by atoms with Crippen molar-refractivity contribution in [3.05, 3.63) is 47.2 Å². The molecule has 3 rings (SSSR count). The first-order chi connectivity index (χ1) is 14.4. The van der Waals surface area contributed by atoms with Crippen molar-refractivity contribution in [2.75, 3.05) is 5.75 Å². The molecule has 0 unspecified atom stereocenters. The molecule has 31 heavy (non-hydrogen) atoms. The lowest BCUT2D eigenvalue weighted by Crippen LogP contribution is -2.72. The molecule has 2 aliphatic rings. The van der Waals surface area contributed by atoms with Crippen LogP contribution < -0.4 is 5.73 Å². The minimum atomic E-state index is -1.23. The third-order valence-corrected chi connectivity index (χ3v) is 6.27. The summed E-state index contributed by atoms with van der Waals surface area (Å²) in [6, 6.07) is 6.08. The van der Waals surface area contributed by atoms with Crippen molar-refractivity contribution in [3.8, 4) is 0 Å². The van der Waals surface area contributed by atoms with E-state index in [4.69, 9.17) is 10.5 Å². The van der Waals surface area contributed by atoms with Crippen molar-refractivity contribution in [3.63, 3.8) is 0 Å². The van der Waals surface area contributed by atoms with Crippen LogP contribution in [0.3, 0.4) is 0 Å². The number of nitrogens with two attached hydrogens (primary N) is 1. The van der Waals surface area contributed by atoms with E-state index in [1.807, 2.05) is 0 Å². The van der Waals surface area contributed by atoms with Gasteiger partial charge in [0, 0.05) is 5.75 Å². The minimum Gasteiger partial charge on any atom is -0.477 e. The van der Waals surface area contributed by atoms with E-state index in [1.54, 1.807) is 58.0 Å². The maximum Gasteiger partial charge on any atom is 0.417 e. The summed E-state index contributed by atoms with van der Waals surface area (Å²) in [6.45, 7) is 6.56. The van der Waals surface area contributed by atoms with Crippen LogP contribution in [0.2, 0.25) is 0 Å². The van der Waals surface area contributed by atoms with Crippen LogP contribution in [0.25, 0.3) is 0 Å². The summed E-state index contributed by atoms with van der Waals surface area (Å²) in [5.41, 5.74) is 6.12. The maximum atomic E-state index is 13.3. The molecule has 1 aromatic rings. The molecule has 2 aliphatic heterocycles. The highest BCUT2D eigenvalue weighted by Gasteiger charge is 2.59. The summed E-state index contributed by atoms with van der Waals surface area (Å²) in [6.07, 6.45) is -0.995. The molecule has 1 aromatic carbocycles. The number of β-lactam (4-membered cyclic amide) rings is 1. The van der Waals surface area contributed by atoms with Gasteiger partial charge in [0.2, 0.25) is 0 Å². The molecule has 3 N–H and O–H groups in total. The SMILES string of the molecule is CC1=C(C(=O)O)N2C(=O)[C@@H](N(C(=O)OC(C)(C)C)C(=O)[C@H](N)c3ccccc3)[C@H]2SC1. The third kappa shape index (κ3) is 4.31. The molecule has 0 aromatic heterocycles. The second-order valence-electron chi connectivity index (χ2n) is 8.37. The summed E-state index contributed by atoms with van der Waals surface area (Å²) in [5.74, 6) is -2.32. The molecule has 0 radical (unpaired) electrons. The third-order valence-electron chi connectivity index (χ3n) is 4.86. The number of amides is 3. The summed E-state index contributed by atoms with van der Waals surface area (Å²) >= 11 is 1.28. The van der Waals surface area contributed by atoms with Gasteiger partial charge in [-0.05, 0) is 38.8 Å². The molecule has 0 spiro atoms. The van der Waals surface area contributed by atoms with E-state index in [0.717, 1.165) is 9.80 Å². The van der Waals surface area contributed by atoms with Gasteiger partial charge in [-0.15, -0.1) is 11.8 Å². The number of ether oxygens (including phenoxy) is 1. The first-order valence-corrected chi connectivity index (χ1v) is 10.7. The van der Waals surface area contributed by atoms with Crippen LogP contribution in [0.4, 0.5) is 4.79 Å². The zero-order valence-electron chi connectivity index (χ0n) is 17.7. The predicted octanol–water partition coefficient (Wildman–Crippen LogP) is 2.09. The lowest BCUT2D eigenvalue weighted by Gasteiger charge is -2.52. The molecule has 2 heterocycles. The number of imide groups is 1. The number of carbonyl (C=O) groups is 4. The second kappa shape index (κ2) is 8.35. The molecule has 0 bridgehead atoms. The van der Waals surface area contributed by atoms with Crippen molar-refractivity contribution in [1.29, 1.82) is 0 Å². The number of aliphatic carboxylic acids is 1. The summed E-state index contributed by atoms with van der Waals surface area (Å²) in [7, 11) is 0. The van der Waals surface area contributed by atoms with Crippen molar-refractivity contribution in [2.24, 2.45) is 5.73 Å². The number of thioether (sulfide) groups is 1. The van der Waals surface area contributed by atoms with Crippen LogP contribution in [-0.2, 0) is 19.1 Å². The maximum absolute atomic E-state index is 13.3. The van der Waals surface area contributed by atoms with Gasteiger partial charge < -0.3 is 15.6 Å². The molecule has 0 saturated carbocycles. The summed E-state index contributed by atoms with van der Waals surface area (Å²) in [4.78, 5) is 52.8. The molecule has 10 heteroatoms. The van der Waals surface area contributed by atoms with E-state index in [1.165, 1.54) is 11.8 Å². The quantitative estimate of drug-likeness (QED) is 0.671. The van der Waals surface area contributed by atoms with Gasteiger partial charge in [-0.1, -0.05) is 30.3 Å². The number of carboxylic acid groups (broad SMARTS) is 1. The molecule has 3 amide bonds. The molecule has 166 valence electrons. The van der Waals surface area contributed by atoms with Crippen LogP contribution in [0.1, 0.15) is 39.3 Å². The Bertz CT molecular complexity index is 956. The van der Waals surface area contributed by atoms with E-state index < -0.39 is 46.9 Å². The number of hydrogen-bond acceptors (Lipinski definition) is 7. The summed E-state index contributed by atoms with van der Waals surface area (Å²) in [5, 5.41) is 8.81. The lowest BCUT2D eigenvalue weighted by molar-refractivity contribution is -0.159. The molecule has 9 nitrogen and oxygen atoms in total. The van der Waals surface area contributed by atoms with E-state index in [0.29, 0.717) is 16.9 Å². The Morgan fingerprint density at radius 2 is 1.87 bits per heavy atom. The van der Waals surface area contributed by atoms with Crippen LogP contribution >= 0.6 is 11.8 Å². The Hall–Kier alpha value is -2.85. The Labute approximate surface area is 184 Å².